The van der Waals surface area contributed by atoms with E-state index in [0.717, 1.165) is 16.7 Å². The smallest absolute Gasteiger partial charge is 0.255 e. The van der Waals surface area contributed by atoms with Gasteiger partial charge in [0, 0.05) is 32.1 Å². The van der Waals surface area contributed by atoms with Crippen molar-refractivity contribution in [3.05, 3.63) is 134 Å². The average Bonchev–Trinajstić information content (AvgIpc) is 3.46. The maximum Gasteiger partial charge on any atom is 0.255 e. The van der Waals surface area contributed by atoms with Crippen LogP contribution in [0.3, 0.4) is 0 Å². The second-order valence-corrected chi connectivity index (χ2v) is 12.8. The van der Waals surface area contributed by atoms with E-state index in [1.165, 1.54) is 11.8 Å². The highest BCUT2D eigenvalue weighted by Crippen LogP contribution is 2.39. The molecule has 0 spiro atoms. The summed E-state index contributed by atoms with van der Waals surface area (Å²) in [5.41, 5.74) is 4.23. The minimum absolute atomic E-state index is 0.236. The van der Waals surface area contributed by atoms with Crippen molar-refractivity contribution in [2.75, 3.05) is 17.2 Å². The lowest BCUT2D eigenvalue weighted by Crippen LogP contribution is -2.31. The molecule has 1 amide bonds. The first-order valence-corrected chi connectivity index (χ1v) is 16.9. The number of fused-ring (bicyclic) bond motifs is 1. The van der Waals surface area contributed by atoms with Crippen LogP contribution in [-0.2, 0) is 17.2 Å². The van der Waals surface area contributed by atoms with Gasteiger partial charge in [0.15, 0.2) is 0 Å². The highest BCUT2D eigenvalue weighted by molar-refractivity contribution is 7.98. The lowest BCUT2D eigenvalue weighted by Gasteiger charge is -2.29. The van der Waals surface area contributed by atoms with E-state index in [-0.39, 0.29) is 12.5 Å². The molecule has 240 valence electrons. The van der Waals surface area contributed by atoms with Crippen molar-refractivity contribution in [2.24, 2.45) is 0 Å². The van der Waals surface area contributed by atoms with Gasteiger partial charge in [-0.25, -0.2) is 4.68 Å². The van der Waals surface area contributed by atoms with Crippen molar-refractivity contribution in [3.8, 4) is 11.5 Å². The lowest BCUT2D eigenvalue weighted by atomic mass is 9.94. The maximum atomic E-state index is 14.1. The summed E-state index contributed by atoms with van der Waals surface area (Å²) >= 11 is 20.3. The Kier molecular flexibility index (Phi) is 10.3. The molecule has 0 saturated carbocycles. The monoisotopic (exact) mass is 705 g/mol. The maximum absolute atomic E-state index is 14.1. The number of hydrogen-bond donors (Lipinski definition) is 2. The topological polar surface area (TPSA) is 90.3 Å². The third kappa shape index (κ3) is 7.55. The summed E-state index contributed by atoms with van der Waals surface area (Å²) in [5, 5.41) is 13.5. The number of ether oxygens (including phenoxy) is 2. The third-order valence-corrected chi connectivity index (χ3v) is 9.25. The lowest BCUT2D eigenvalue weighted by molar-refractivity contribution is -0.113. The summed E-state index contributed by atoms with van der Waals surface area (Å²) in [7, 11) is 0. The first-order chi connectivity index (χ1) is 22.8. The van der Waals surface area contributed by atoms with Crippen molar-refractivity contribution in [2.45, 2.75) is 37.4 Å². The van der Waals surface area contributed by atoms with Gasteiger partial charge in [-0.05, 0) is 67.4 Å². The van der Waals surface area contributed by atoms with Crippen LogP contribution in [0, 0.1) is 0 Å². The number of nitrogens with zero attached hydrogens (tertiary/aromatic N) is 3. The van der Waals surface area contributed by atoms with E-state index in [4.69, 9.17) is 54.4 Å². The number of hydrogen-bond acceptors (Lipinski definition) is 7. The van der Waals surface area contributed by atoms with Gasteiger partial charge in [0.05, 0.1) is 17.9 Å². The molecular formula is C35H30Cl3N5O3S. The molecule has 1 aliphatic rings. The zero-order valence-electron chi connectivity index (χ0n) is 25.5. The number of allylic oxidation sites excluding steroid dienone is 1. The Labute approximate surface area is 292 Å². The van der Waals surface area contributed by atoms with E-state index in [9.17, 15) is 4.79 Å². The second kappa shape index (κ2) is 14.7. The number of carbonyl (C=O) groups is 1. The Morgan fingerprint density at radius 2 is 1.74 bits per heavy atom. The second-order valence-electron chi connectivity index (χ2n) is 10.6. The molecule has 2 N–H and O–H groups in total. The Balaban J connectivity index is 1.34. The van der Waals surface area contributed by atoms with Crippen molar-refractivity contribution >= 4 is 64.1 Å². The zero-order chi connectivity index (χ0) is 32.9. The molecule has 12 heteroatoms. The average molecular weight is 707 g/mol. The molecule has 8 nitrogen and oxygen atoms in total. The van der Waals surface area contributed by atoms with Crippen LogP contribution in [-0.4, -0.2) is 27.3 Å². The third-order valence-electron chi connectivity index (χ3n) is 7.41. The fourth-order valence-electron chi connectivity index (χ4n) is 5.17. The highest BCUT2D eigenvalue weighted by Gasteiger charge is 2.35. The number of nitrogens with one attached hydrogen (secondary N) is 2. The number of para-hydroxylation sites is 2. The van der Waals surface area contributed by atoms with E-state index in [0.29, 0.717) is 67.0 Å². The number of benzene rings is 4. The Hall–Kier alpha value is -4.15. The minimum atomic E-state index is -0.629. The number of anilines is 2. The highest BCUT2D eigenvalue weighted by atomic mass is 35.5. The standard InChI is InChI=1S/C35H30Cl3N5O3S/c1-3-45-30-14-7-6-13-29(30)40-33(44)31-21(2)39-34-41-35(47-20-24-9-4-5-12-27(24)37)42-43(34)32(31)22-10-8-11-26(17-22)46-19-23-15-16-25(36)18-28(23)38/h4-18,32H,3,19-20H2,1-2H3,(H,40,44)(H,39,41,42). The van der Waals surface area contributed by atoms with Gasteiger partial charge in [-0.1, -0.05) is 95.1 Å². The summed E-state index contributed by atoms with van der Waals surface area (Å²) in [6.07, 6.45) is 0. The Morgan fingerprint density at radius 3 is 2.55 bits per heavy atom. The molecule has 2 heterocycles. The number of thioether (sulfide) groups is 1. The summed E-state index contributed by atoms with van der Waals surface area (Å²) < 4.78 is 13.7. The predicted octanol–water partition coefficient (Wildman–Crippen LogP) is 9.44. The molecule has 1 aromatic heterocycles. The number of carbonyl (C=O) groups excluding carboxylic acids is 1. The quantitative estimate of drug-likeness (QED) is 0.132. The van der Waals surface area contributed by atoms with Crippen LogP contribution >= 0.6 is 46.6 Å². The molecule has 47 heavy (non-hydrogen) atoms. The van der Waals surface area contributed by atoms with Gasteiger partial charge in [0.1, 0.15) is 24.1 Å². The van der Waals surface area contributed by atoms with Gasteiger partial charge >= 0.3 is 0 Å². The van der Waals surface area contributed by atoms with Crippen molar-refractivity contribution < 1.29 is 14.3 Å². The van der Waals surface area contributed by atoms with Crippen LogP contribution in [0.15, 0.2) is 107 Å². The summed E-state index contributed by atoms with van der Waals surface area (Å²) in [4.78, 5) is 18.9. The SMILES string of the molecule is CCOc1ccccc1NC(=O)C1=C(C)Nc2nc(SCc3ccccc3Cl)nn2C1c1cccc(OCc2ccc(Cl)cc2Cl)c1. The Bertz CT molecular complexity index is 1960. The first kappa shape index (κ1) is 32.8. The molecular weight excluding hydrogens is 677 g/mol. The van der Waals surface area contributed by atoms with Gasteiger partial charge in [-0.2, -0.15) is 4.98 Å². The molecule has 0 fully saturated rings. The zero-order valence-corrected chi connectivity index (χ0v) is 28.6. The molecule has 1 aliphatic heterocycles. The number of rotatable bonds is 11. The van der Waals surface area contributed by atoms with Gasteiger partial charge in [-0.3, -0.25) is 4.79 Å². The van der Waals surface area contributed by atoms with E-state index in [1.807, 2.05) is 92.7 Å². The van der Waals surface area contributed by atoms with E-state index < -0.39 is 6.04 Å². The van der Waals surface area contributed by atoms with E-state index in [2.05, 4.69) is 10.6 Å². The van der Waals surface area contributed by atoms with Crippen molar-refractivity contribution in [3.63, 3.8) is 0 Å². The molecule has 4 aromatic carbocycles. The fraction of sp³-hybridized carbons (Fsp3) is 0.171. The van der Waals surface area contributed by atoms with Crippen LogP contribution in [0.2, 0.25) is 15.1 Å². The number of amides is 1. The summed E-state index contributed by atoms with van der Waals surface area (Å²) in [6, 6.07) is 27.3. The van der Waals surface area contributed by atoms with Crippen LogP contribution in [0.4, 0.5) is 11.6 Å². The van der Waals surface area contributed by atoms with Crippen LogP contribution in [0.25, 0.3) is 0 Å². The predicted molar refractivity (Wildman–Crippen MR) is 189 cm³/mol. The molecule has 0 saturated heterocycles. The molecule has 0 bridgehead atoms. The van der Waals surface area contributed by atoms with Crippen molar-refractivity contribution in [1.29, 1.82) is 0 Å². The first-order valence-electron chi connectivity index (χ1n) is 14.8. The van der Waals surface area contributed by atoms with Gasteiger partial charge < -0.3 is 20.1 Å². The normalized spacial score (nSPS) is 13.9. The number of aromatic nitrogens is 3. The van der Waals surface area contributed by atoms with Gasteiger partial charge in [0.25, 0.3) is 5.91 Å². The van der Waals surface area contributed by atoms with Crippen LogP contribution < -0.4 is 20.1 Å². The Morgan fingerprint density at radius 1 is 0.936 bits per heavy atom. The molecule has 0 radical (unpaired) electrons. The molecule has 6 rings (SSSR count). The van der Waals surface area contributed by atoms with Crippen LogP contribution in [0.1, 0.15) is 36.6 Å². The number of halogens is 3. The largest absolute Gasteiger partial charge is 0.492 e. The van der Waals surface area contributed by atoms with Crippen molar-refractivity contribution in [1.82, 2.24) is 14.8 Å². The molecule has 5 aromatic rings. The minimum Gasteiger partial charge on any atom is -0.492 e. The summed E-state index contributed by atoms with van der Waals surface area (Å²) in [6.45, 7) is 4.45. The molecule has 1 atom stereocenters. The van der Waals surface area contributed by atoms with Crippen LogP contribution in [0.5, 0.6) is 11.5 Å². The van der Waals surface area contributed by atoms with Gasteiger partial charge in [-0.15, -0.1) is 5.10 Å². The summed E-state index contributed by atoms with van der Waals surface area (Å²) in [5.74, 6) is 1.97. The van der Waals surface area contributed by atoms with E-state index >= 15 is 0 Å². The van der Waals surface area contributed by atoms with Gasteiger partial charge in [0.2, 0.25) is 11.1 Å². The fourth-order valence-corrected chi connectivity index (χ4v) is 6.75. The molecule has 1 unspecified atom stereocenters. The molecule has 0 aliphatic carbocycles. The van der Waals surface area contributed by atoms with E-state index in [1.54, 1.807) is 16.8 Å².